The third kappa shape index (κ3) is 3.28. The number of aromatic nitrogens is 1. The van der Waals surface area contributed by atoms with E-state index in [0.717, 1.165) is 22.6 Å². The minimum Gasteiger partial charge on any atom is -0.507 e. The van der Waals surface area contributed by atoms with Gasteiger partial charge in [0.25, 0.3) is 0 Å². The number of H-pyrrole nitrogens is 1. The zero-order valence-electron chi connectivity index (χ0n) is 10.4. The molecule has 0 saturated heterocycles. The number of hydrogen-bond acceptors (Lipinski definition) is 2. The van der Waals surface area contributed by atoms with Crippen LogP contribution in [0.2, 0.25) is 0 Å². The van der Waals surface area contributed by atoms with Crippen molar-refractivity contribution in [1.82, 2.24) is 4.98 Å². The first kappa shape index (κ1) is 14.5. The molecule has 1 aromatic rings. The maximum absolute atomic E-state index is 9.66. The minimum atomic E-state index is 0.197. The molecule has 0 aliphatic carbocycles. The van der Waals surface area contributed by atoms with Crippen molar-refractivity contribution in [3.63, 3.8) is 0 Å². The van der Waals surface area contributed by atoms with Crippen molar-refractivity contribution in [2.75, 3.05) is 6.54 Å². The molecule has 3 nitrogen and oxygen atoms in total. The fourth-order valence-electron chi connectivity index (χ4n) is 1.47. The summed E-state index contributed by atoms with van der Waals surface area (Å²) in [7, 11) is 0. The van der Waals surface area contributed by atoms with Crippen LogP contribution in [0.4, 0.5) is 0 Å². The van der Waals surface area contributed by atoms with Crippen LogP contribution in [-0.4, -0.2) is 16.6 Å². The number of aromatic amines is 1. The summed E-state index contributed by atoms with van der Waals surface area (Å²) in [6, 6.07) is 0. The molecule has 0 aromatic carbocycles. The van der Waals surface area contributed by atoms with E-state index in [-0.39, 0.29) is 5.76 Å². The number of nitrogens with two attached hydrogens (primary N) is 1. The summed E-state index contributed by atoms with van der Waals surface area (Å²) >= 11 is 0. The van der Waals surface area contributed by atoms with Gasteiger partial charge in [0.1, 0.15) is 5.76 Å². The molecular formula is C13H22N2O. The van der Waals surface area contributed by atoms with E-state index in [9.17, 15) is 5.11 Å². The van der Waals surface area contributed by atoms with Gasteiger partial charge in [-0.25, -0.2) is 0 Å². The maximum atomic E-state index is 9.66. The number of aliphatic hydroxyl groups is 1. The Hall–Kier alpha value is -1.48. The van der Waals surface area contributed by atoms with E-state index in [2.05, 4.69) is 11.6 Å². The van der Waals surface area contributed by atoms with Crippen molar-refractivity contribution in [3.8, 4) is 0 Å². The van der Waals surface area contributed by atoms with Gasteiger partial charge in [-0.15, -0.1) is 0 Å². The Morgan fingerprint density at radius 3 is 2.62 bits per heavy atom. The van der Waals surface area contributed by atoms with Crippen LogP contribution < -0.4 is 16.3 Å². The molecular weight excluding hydrogens is 200 g/mol. The normalized spacial score (nSPS) is 12.9. The fraction of sp³-hybridized carbons (Fsp3) is 0.385. The van der Waals surface area contributed by atoms with Crippen LogP contribution >= 0.6 is 0 Å². The van der Waals surface area contributed by atoms with Crippen molar-refractivity contribution in [2.45, 2.75) is 27.2 Å². The molecule has 16 heavy (non-hydrogen) atoms. The molecule has 90 valence electrons. The van der Waals surface area contributed by atoms with Gasteiger partial charge >= 0.3 is 0 Å². The molecule has 0 radical (unpaired) electrons. The second-order valence-electron chi connectivity index (χ2n) is 3.02. The summed E-state index contributed by atoms with van der Waals surface area (Å²) in [6.07, 6.45) is 5.97. The largest absolute Gasteiger partial charge is 0.507 e. The smallest absolute Gasteiger partial charge is 0.124 e. The van der Waals surface area contributed by atoms with Gasteiger partial charge in [0.15, 0.2) is 0 Å². The van der Waals surface area contributed by atoms with Gasteiger partial charge in [-0.05, 0) is 31.5 Å². The molecule has 1 heterocycles. The average molecular weight is 222 g/mol. The van der Waals surface area contributed by atoms with Crippen molar-refractivity contribution < 1.29 is 5.11 Å². The fourth-order valence-corrected chi connectivity index (χ4v) is 1.47. The first-order valence-corrected chi connectivity index (χ1v) is 5.63. The summed E-state index contributed by atoms with van der Waals surface area (Å²) in [5, 5.41) is 11.4. The van der Waals surface area contributed by atoms with Gasteiger partial charge in [0, 0.05) is 16.8 Å². The van der Waals surface area contributed by atoms with E-state index >= 15 is 0 Å². The van der Waals surface area contributed by atoms with Gasteiger partial charge < -0.3 is 15.8 Å². The lowest BCUT2D eigenvalue weighted by Crippen LogP contribution is -2.28. The molecule has 0 bridgehead atoms. The minimum absolute atomic E-state index is 0.197. The van der Waals surface area contributed by atoms with E-state index in [1.54, 1.807) is 0 Å². The first-order chi connectivity index (χ1) is 7.74. The highest BCUT2D eigenvalue weighted by Crippen LogP contribution is 1.91. The SMILES string of the molecule is C=C/C(O)=c1/c(CCN)c[nH]/c1=C/C.CC. The van der Waals surface area contributed by atoms with E-state index in [1.165, 1.54) is 6.08 Å². The molecule has 0 spiro atoms. The standard InChI is InChI=1S/C11H16N2O.C2H6/c1-3-9-11(10(14)4-2)8(5-6-12)7-13-9;1-2/h3-4,7,13-14H,2,5-6,12H2,1H3;1-2H3/b9-3+,11-10+;. The Balaban J connectivity index is 0.00000106. The van der Waals surface area contributed by atoms with E-state index in [4.69, 9.17) is 5.73 Å². The Morgan fingerprint density at radius 2 is 2.19 bits per heavy atom. The zero-order valence-corrected chi connectivity index (χ0v) is 10.4. The van der Waals surface area contributed by atoms with Gasteiger partial charge in [-0.1, -0.05) is 26.5 Å². The first-order valence-electron chi connectivity index (χ1n) is 5.63. The van der Waals surface area contributed by atoms with Gasteiger partial charge in [0.05, 0.1) is 0 Å². The molecule has 1 rings (SSSR count). The molecule has 1 aromatic heterocycles. The summed E-state index contributed by atoms with van der Waals surface area (Å²) < 4.78 is 0. The molecule has 0 fully saturated rings. The lowest BCUT2D eigenvalue weighted by Gasteiger charge is -1.94. The summed E-state index contributed by atoms with van der Waals surface area (Å²) in [5.74, 6) is 0.197. The highest BCUT2D eigenvalue weighted by molar-refractivity contribution is 5.49. The Bertz CT molecular complexity index is 429. The molecule has 0 aliphatic heterocycles. The molecule has 0 amide bonds. The van der Waals surface area contributed by atoms with Gasteiger partial charge in [0.2, 0.25) is 0 Å². The van der Waals surface area contributed by atoms with Crippen LogP contribution in [0.25, 0.3) is 11.8 Å². The van der Waals surface area contributed by atoms with Crippen LogP contribution in [0.15, 0.2) is 18.9 Å². The summed E-state index contributed by atoms with van der Waals surface area (Å²) in [6.45, 7) is 10.0. The van der Waals surface area contributed by atoms with Crippen molar-refractivity contribution in [2.24, 2.45) is 5.73 Å². The van der Waals surface area contributed by atoms with Crippen LogP contribution in [0.3, 0.4) is 0 Å². The van der Waals surface area contributed by atoms with Crippen molar-refractivity contribution >= 4 is 11.8 Å². The molecule has 0 unspecified atom stereocenters. The second kappa shape index (κ2) is 7.77. The highest BCUT2D eigenvalue weighted by Gasteiger charge is 2.01. The van der Waals surface area contributed by atoms with E-state index in [0.29, 0.717) is 6.54 Å². The number of nitrogens with one attached hydrogen (secondary N) is 1. The number of aliphatic hydroxyl groups excluding tert-OH is 1. The Morgan fingerprint density at radius 1 is 1.56 bits per heavy atom. The van der Waals surface area contributed by atoms with Crippen LogP contribution in [0.5, 0.6) is 0 Å². The molecule has 0 saturated carbocycles. The van der Waals surface area contributed by atoms with Crippen molar-refractivity contribution in [1.29, 1.82) is 0 Å². The van der Waals surface area contributed by atoms with Crippen LogP contribution in [0.1, 0.15) is 26.3 Å². The van der Waals surface area contributed by atoms with Crippen molar-refractivity contribution in [3.05, 3.63) is 35.0 Å². The summed E-state index contributed by atoms with van der Waals surface area (Å²) in [4.78, 5) is 3.08. The van der Waals surface area contributed by atoms with E-state index in [1.807, 2.05) is 33.0 Å². The van der Waals surface area contributed by atoms with Gasteiger partial charge in [-0.3, -0.25) is 0 Å². The monoisotopic (exact) mass is 222 g/mol. The Labute approximate surface area is 97.0 Å². The lowest BCUT2D eigenvalue weighted by molar-refractivity contribution is 0.511. The quantitative estimate of drug-likeness (QED) is 0.719. The highest BCUT2D eigenvalue weighted by atomic mass is 16.3. The van der Waals surface area contributed by atoms with E-state index < -0.39 is 0 Å². The number of rotatable bonds is 3. The predicted octanol–water partition coefficient (Wildman–Crippen LogP) is 1.19. The van der Waals surface area contributed by atoms with Crippen LogP contribution in [-0.2, 0) is 6.42 Å². The predicted molar refractivity (Wildman–Crippen MR) is 70.5 cm³/mol. The molecule has 0 aliphatic rings. The average Bonchev–Trinajstić information content (AvgIpc) is 2.74. The topological polar surface area (TPSA) is 62.0 Å². The molecule has 0 atom stereocenters. The van der Waals surface area contributed by atoms with Gasteiger partial charge in [-0.2, -0.15) is 0 Å². The molecule has 3 heteroatoms. The summed E-state index contributed by atoms with van der Waals surface area (Å²) in [5.41, 5.74) is 6.51. The Kier molecular flexibility index (Phi) is 7.05. The third-order valence-corrected chi connectivity index (χ3v) is 2.14. The number of hydrogen-bond donors (Lipinski definition) is 3. The molecule has 4 N–H and O–H groups in total. The third-order valence-electron chi connectivity index (χ3n) is 2.14. The van der Waals surface area contributed by atoms with Crippen LogP contribution in [0, 0.1) is 0 Å². The lowest BCUT2D eigenvalue weighted by atomic mass is 10.1. The second-order valence-corrected chi connectivity index (χ2v) is 3.02. The zero-order chi connectivity index (χ0) is 12.6. The maximum Gasteiger partial charge on any atom is 0.124 e.